The first-order valence-electron chi connectivity index (χ1n) is 8.50. The van der Waals surface area contributed by atoms with Gasteiger partial charge in [0.1, 0.15) is 13.2 Å². The Labute approximate surface area is 142 Å². The highest BCUT2D eigenvalue weighted by Crippen LogP contribution is 2.31. The summed E-state index contributed by atoms with van der Waals surface area (Å²) in [5.41, 5.74) is 2.29. The fraction of sp³-hybridized carbons (Fsp3) is 0.350. The minimum atomic E-state index is 0.0838. The molecule has 2 aromatic rings. The number of ether oxygens (including phenoxy) is 2. The Hall–Kier alpha value is -2.49. The maximum atomic E-state index is 11.9. The van der Waals surface area contributed by atoms with Gasteiger partial charge in [0.2, 0.25) is 5.91 Å². The van der Waals surface area contributed by atoms with Crippen LogP contribution in [-0.2, 0) is 17.6 Å². The van der Waals surface area contributed by atoms with E-state index in [0.717, 1.165) is 42.9 Å². The third kappa shape index (κ3) is 4.75. The molecule has 1 aliphatic rings. The van der Waals surface area contributed by atoms with Gasteiger partial charge < -0.3 is 14.8 Å². The standard InChI is InChI=1S/C20H23NO3/c22-20(15-16-6-2-1-3-7-16)21-11-5-4-8-17-9-10-18-19(14-17)24-13-12-23-18/h1-3,6-7,9-10,14H,4-5,8,11-13,15H2,(H,21,22). The molecule has 1 heterocycles. The molecule has 1 amide bonds. The van der Waals surface area contributed by atoms with Gasteiger partial charge in [0.15, 0.2) is 11.5 Å². The minimum Gasteiger partial charge on any atom is -0.486 e. The van der Waals surface area contributed by atoms with E-state index < -0.39 is 0 Å². The summed E-state index contributed by atoms with van der Waals surface area (Å²) in [6, 6.07) is 15.9. The SMILES string of the molecule is O=C(Cc1ccccc1)NCCCCc1ccc2c(c1)OCCO2. The molecular weight excluding hydrogens is 302 g/mol. The van der Waals surface area contributed by atoms with E-state index in [1.807, 2.05) is 36.4 Å². The highest BCUT2D eigenvalue weighted by atomic mass is 16.6. The van der Waals surface area contributed by atoms with Crippen LogP contribution in [0.15, 0.2) is 48.5 Å². The van der Waals surface area contributed by atoms with Gasteiger partial charge >= 0.3 is 0 Å². The number of nitrogens with one attached hydrogen (secondary N) is 1. The summed E-state index contributed by atoms with van der Waals surface area (Å²) in [6.45, 7) is 1.95. The largest absolute Gasteiger partial charge is 0.486 e. The first-order chi connectivity index (χ1) is 11.8. The van der Waals surface area contributed by atoms with Gasteiger partial charge in [-0.05, 0) is 42.5 Å². The molecule has 3 rings (SSSR count). The van der Waals surface area contributed by atoms with Gasteiger partial charge in [-0.1, -0.05) is 36.4 Å². The molecule has 0 spiro atoms. The van der Waals surface area contributed by atoms with Crippen LogP contribution in [0, 0.1) is 0 Å². The van der Waals surface area contributed by atoms with E-state index in [1.54, 1.807) is 0 Å². The lowest BCUT2D eigenvalue weighted by Gasteiger charge is -2.18. The number of fused-ring (bicyclic) bond motifs is 1. The van der Waals surface area contributed by atoms with Gasteiger partial charge in [-0.2, -0.15) is 0 Å². The second-order valence-electron chi connectivity index (χ2n) is 5.95. The smallest absolute Gasteiger partial charge is 0.224 e. The van der Waals surface area contributed by atoms with Gasteiger partial charge in [-0.25, -0.2) is 0 Å². The van der Waals surface area contributed by atoms with E-state index in [1.165, 1.54) is 5.56 Å². The first-order valence-corrected chi connectivity index (χ1v) is 8.50. The van der Waals surface area contributed by atoms with Crippen LogP contribution in [0.4, 0.5) is 0 Å². The molecule has 0 aromatic heterocycles. The molecular formula is C20H23NO3. The van der Waals surface area contributed by atoms with Gasteiger partial charge in [-0.3, -0.25) is 4.79 Å². The lowest BCUT2D eigenvalue weighted by Crippen LogP contribution is -2.26. The molecule has 0 saturated carbocycles. The minimum absolute atomic E-state index is 0.0838. The van der Waals surface area contributed by atoms with Gasteiger partial charge in [0.25, 0.3) is 0 Å². The van der Waals surface area contributed by atoms with Crippen LogP contribution >= 0.6 is 0 Å². The van der Waals surface area contributed by atoms with Crippen molar-refractivity contribution in [3.63, 3.8) is 0 Å². The molecule has 4 heteroatoms. The van der Waals surface area contributed by atoms with E-state index >= 15 is 0 Å². The molecule has 2 aromatic carbocycles. The van der Waals surface area contributed by atoms with E-state index in [2.05, 4.69) is 17.4 Å². The molecule has 4 nitrogen and oxygen atoms in total. The zero-order valence-corrected chi connectivity index (χ0v) is 13.8. The molecule has 0 unspecified atom stereocenters. The molecule has 1 N–H and O–H groups in total. The number of hydrogen-bond acceptors (Lipinski definition) is 3. The normalized spacial score (nSPS) is 12.7. The van der Waals surface area contributed by atoms with Crippen LogP contribution < -0.4 is 14.8 Å². The molecule has 0 aliphatic carbocycles. The van der Waals surface area contributed by atoms with E-state index in [-0.39, 0.29) is 5.91 Å². The molecule has 0 atom stereocenters. The topological polar surface area (TPSA) is 47.6 Å². The molecule has 0 radical (unpaired) electrons. The van der Waals surface area contributed by atoms with Crippen LogP contribution in [0.25, 0.3) is 0 Å². The summed E-state index contributed by atoms with van der Waals surface area (Å²) < 4.78 is 11.1. The van der Waals surface area contributed by atoms with Crippen molar-refractivity contribution in [3.8, 4) is 11.5 Å². The maximum absolute atomic E-state index is 11.9. The van der Waals surface area contributed by atoms with Crippen molar-refractivity contribution in [2.24, 2.45) is 0 Å². The van der Waals surface area contributed by atoms with E-state index in [0.29, 0.717) is 19.6 Å². The molecule has 0 fully saturated rings. The molecule has 0 saturated heterocycles. The third-order valence-electron chi connectivity index (χ3n) is 4.03. The number of hydrogen-bond donors (Lipinski definition) is 1. The summed E-state index contributed by atoms with van der Waals surface area (Å²) in [5, 5.41) is 2.98. The van der Waals surface area contributed by atoms with Crippen molar-refractivity contribution in [1.29, 1.82) is 0 Å². The molecule has 126 valence electrons. The molecule has 24 heavy (non-hydrogen) atoms. The van der Waals surface area contributed by atoms with Crippen molar-refractivity contribution < 1.29 is 14.3 Å². The van der Waals surface area contributed by atoms with Crippen molar-refractivity contribution in [3.05, 3.63) is 59.7 Å². The Morgan fingerprint density at radius 1 is 0.917 bits per heavy atom. The Kier molecular flexibility index (Phi) is 5.72. The molecule has 1 aliphatic heterocycles. The number of benzene rings is 2. The van der Waals surface area contributed by atoms with Crippen LogP contribution in [0.3, 0.4) is 0 Å². The summed E-state index contributed by atoms with van der Waals surface area (Å²) in [6.07, 6.45) is 3.43. The number of carbonyl (C=O) groups excluding carboxylic acids is 1. The number of amides is 1. The Balaban J connectivity index is 1.34. The summed E-state index contributed by atoms with van der Waals surface area (Å²) >= 11 is 0. The van der Waals surface area contributed by atoms with Crippen molar-refractivity contribution >= 4 is 5.91 Å². The number of carbonyl (C=O) groups is 1. The maximum Gasteiger partial charge on any atom is 0.224 e. The second kappa shape index (κ2) is 8.39. The quantitative estimate of drug-likeness (QED) is 0.796. The first kappa shape index (κ1) is 16.4. The van der Waals surface area contributed by atoms with Crippen LogP contribution in [0.1, 0.15) is 24.0 Å². The monoisotopic (exact) mass is 325 g/mol. The fourth-order valence-corrected chi connectivity index (χ4v) is 2.77. The zero-order chi connectivity index (χ0) is 16.6. The van der Waals surface area contributed by atoms with Crippen LogP contribution in [-0.4, -0.2) is 25.7 Å². The Bertz CT molecular complexity index is 670. The average molecular weight is 325 g/mol. The average Bonchev–Trinajstić information content (AvgIpc) is 2.62. The van der Waals surface area contributed by atoms with Crippen molar-refractivity contribution in [2.45, 2.75) is 25.7 Å². The lowest BCUT2D eigenvalue weighted by atomic mass is 10.1. The summed E-state index contributed by atoms with van der Waals surface area (Å²) in [7, 11) is 0. The number of rotatable bonds is 7. The summed E-state index contributed by atoms with van der Waals surface area (Å²) in [5.74, 6) is 1.76. The predicted octanol–water partition coefficient (Wildman–Crippen LogP) is 3.14. The van der Waals surface area contributed by atoms with Gasteiger partial charge in [0, 0.05) is 6.54 Å². The van der Waals surface area contributed by atoms with Crippen molar-refractivity contribution in [1.82, 2.24) is 5.32 Å². The number of aryl methyl sites for hydroxylation is 1. The van der Waals surface area contributed by atoms with Crippen LogP contribution in [0.2, 0.25) is 0 Å². The zero-order valence-electron chi connectivity index (χ0n) is 13.8. The third-order valence-corrected chi connectivity index (χ3v) is 4.03. The van der Waals surface area contributed by atoms with Gasteiger partial charge in [-0.15, -0.1) is 0 Å². The van der Waals surface area contributed by atoms with Gasteiger partial charge in [0.05, 0.1) is 6.42 Å². The Morgan fingerprint density at radius 2 is 1.71 bits per heavy atom. The van der Waals surface area contributed by atoms with E-state index in [4.69, 9.17) is 9.47 Å². The van der Waals surface area contributed by atoms with E-state index in [9.17, 15) is 4.79 Å². The highest BCUT2D eigenvalue weighted by molar-refractivity contribution is 5.78. The summed E-state index contributed by atoms with van der Waals surface area (Å²) in [4.78, 5) is 11.9. The van der Waals surface area contributed by atoms with Crippen molar-refractivity contribution in [2.75, 3.05) is 19.8 Å². The molecule has 0 bridgehead atoms. The lowest BCUT2D eigenvalue weighted by molar-refractivity contribution is -0.120. The predicted molar refractivity (Wildman–Crippen MR) is 93.5 cm³/mol. The fourth-order valence-electron chi connectivity index (χ4n) is 2.77. The second-order valence-corrected chi connectivity index (χ2v) is 5.95. The Morgan fingerprint density at radius 3 is 2.54 bits per heavy atom. The number of unbranched alkanes of at least 4 members (excludes halogenated alkanes) is 1. The van der Waals surface area contributed by atoms with Crippen LogP contribution in [0.5, 0.6) is 11.5 Å². The highest BCUT2D eigenvalue weighted by Gasteiger charge is 2.11.